The minimum atomic E-state index is -0.0411. The van der Waals surface area contributed by atoms with Crippen LogP contribution in [0.5, 0.6) is 0 Å². The number of nitrogens with one attached hydrogen (secondary N) is 1. The number of piperidine rings is 2. The first-order chi connectivity index (χ1) is 15.1. The molecule has 0 radical (unpaired) electrons. The fourth-order valence-corrected chi connectivity index (χ4v) is 4.70. The van der Waals surface area contributed by atoms with Crippen molar-refractivity contribution in [2.45, 2.75) is 38.6 Å². The summed E-state index contributed by atoms with van der Waals surface area (Å²) in [5, 5.41) is 3.84. The minimum Gasteiger partial charge on any atom is -0.339 e. The molecule has 164 valence electrons. The Morgan fingerprint density at radius 3 is 2.32 bits per heavy atom. The Balaban J connectivity index is 1.34. The van der Waals surface area contributed by atoms with Crippen LogP contribution in [-0.4, -0.2) is 47.8 Å². The van der Waals surface area contributed by atoms with Crippen LogP contribution in [0.4, 0.5) is 5.69 Å². The molecular formula is C25H30ClN3O2. The summed E-state index contributed by atoms with van der Waals surface area (Å²) in [4.78, 5) is 30.2. The number of carbonyl (C=O) groups excluding carboxylic acids is 2. The van der Waals surface area contributed by atoms with Gasteiger partial charge in [0.15, 0.2) is 0 Å². The molecule has 6 heteroatoms. The third-order valence-corrected chi connectivity index (χ3v) is 6.74. The molecule has 0 aliphatic carbocycles. The number of likely N-dealkylation sites (tertiary alicyclic amines) is 2. The van der Waals surface area contributed by atoms with E-state index in [4.69, 9.17) is 11.6 Å². The summed E-state index contributed by atoms with van der Waals surface area (Å²) in [7, 11) is 0. The van der Waals surface area contributed by atoms with E-state index in [0.717, 1.165) is 69.0 Å². The number of benzene rings is 2. The number of rotatable bonds is 5. The van der Waals surface area contributed by atoms with Crippen LogP contribution in [0.2, 0.25) is 5.02 Å². The normalized spacial score (nSPS) is 18.0. The van der Waals surface area contributed by atoms with Crippen molar-refractivity contribution in [2.24, 2.45) is 5.92 Å². The van der Waals surface area contributed by atoms with Crippen molar-refractivity contribution in [1.29, 1.82) is 0 Å². The maximum absolute atomic E-state index is 13.0. The Morgan fingerprint density at radius 2 is 1.58 bits per heavy atom. The van der Waals surface area contributed by atoms with Crippen LogP contribution in [0.1, 0.15) is 48.0 Å². The van der Waals surface area contributed by atoms with Crippen molar-refractivity contribution in [3.63, 3.8) is 0 Å². The topological polar surface area (TPSA) is 52.7 Å². The number of carbonyl (C=O) groups is 2. The molecule has 2 aliphatic rings. The molecule has 0 spiro atoms. The first-order valence-electron chi connectivity index (χ1n) is 11.3. The summed E-state index contributed by atoms with van der Waals surface area (Å²) >= 11 is 6.29. The summed E-state index contributed by atoms with van der Waals surface area (Å²) in [5.74, 6) is -0.0120. The highest BCUT2D eigenvalue weighted by atomic mass is 35.5. The third-order valence-electron chi connectivity index (χ3n) is 6.37. The number of nitrogens with zero attached hydrogens (tertiary/aromatic N) is 2. The maximum Gasteiger partial charge on any atom is 0.255 e. The number of hydrogen-bond donors (Lipinski definition) is 1. The van der Waals surface area contributed by atoms with E-state index in [9.17, 15) is 9.59 Å². The molecule has 2 heterocycles. The van der Waals surface area contributed by atoms with Gasteiger partial charge in [0.1, 0.15) is 0 Å². The fourth-order valence-electron chi connectivity index (χ4n) is 4.50. The summed E-state index contributed by atoms with van der Waals surface area (Å²) in [6, 6.07) is 15.3. The van der Waals surface area contributed by atoms with E-state index < -0.39 is 0 Å². The van der Waals surface area contributed by atoms with E-state index in [1.54, 1.807) is 0 Å². The Hall–Kier alpha value is -2.37. The number of hydrogen-bond acceptors (Lipinski definition) is 3. The summed E-state index contributed by atoms with van der Waals surface area (Å²) < 4.78 is 0. The largest absolute Gasteiger partial charge is 0.339 e. The second-order valence-electron chi connectivity index (χ2n) is 8.53. The SMILES string of the molecule is O=C(Nc1ccccc1C(=O)N1CCCCC1)C1CCN(Cc2ccccc2Cl)CC1. The Morgan fingerprint density at radius 1 is 0.903 bits per heavy atom. The second kappa shape index (κ2) is 10.3. The van der Waals surface area contributed by atoms with Crippen LogP contribution in [-0.2, 0) is 11.3 Å². The standard InChI is InChI=1S/C25H30ClN3O2/c26-22-10-4-2-8-20(22)18-28-16-12-19(13-17-28)24(30)27-23-11-5-3-9-21(23)25(31)29-14-6-1-7-15-29/h2-5,8-11,19H,1,6-7,12-18H2,(H,27,30). The minimum absolute atomic E-state index is 0.0105. The van der Waals surface area contributed by atoms with Crippen molar-refractivity contribution in [2.75, 3.05) is 31.5 Å². The average molecular weight is 440 g/mol. The van der Waals surface area contributed by atoms with Crippen LogP contribution in [0.25, 0.3) is 0 Å². The van der Waals surface area contributed by atoms with Crippen molar-refractivity contribution < 1.29 is 9.59 Å². The Bertz CT molecular complexity index is 918. The summed E-state index contributed by atoms with van der Waals surface area (Å²) in [6.45, 7) is 4.12. The summed E-state index contributed by atoms with van der Waals surface area (Å²) in [5.41, 5.74) is 2.34. The van der Waals surface area contributed by atoms with Gasteiger partial charge >= 0.3 is 0 Å². The third kappa shape index (κ3) is 5.46. The molecule has 2 amide bonds. The number of halogens is 1. The van der Waals surface area contributed by atoms with Crippen molar-refractivity contribution in [1.82, 2.24) is 9.80 Å². The van der Waals surface area contributed by atoms with Gasteiger partial charge in [-0.25, -0.2) is 0 Å². The lowest BCUT2D eigenvalue weighted by Crippen LogP contribution is -2.38. The fraction of sp³-hybridized carbons (Fsp3) is 0.440. The van der Waals surface area contributed by atoms with Crippen LogP contribution in [0.15, 0.2) is 48.5 Å². The molecule has 2 aromatic rings. The summed E-state index contributed by atoms with van der Waals surface area (Å²) in [6.07, 6.45) is 4.88. The number of para-hydroxylation sites is 1. The highest BCUT2D eigenvalue weighted by Gasteiger charge is 2.27. The first kappa shape index (κ1) is 21.8. The predicted octanol–water partition coefficient (Wildman–Crippen LogP) is 4.82. The highest BCUT2D eigenvalue weighted by Crippen LogP contribution is 2.25. The highest BCUT2D eigenvalue weighted by molar-refractivity contribution is 6.31. The Labute approximate surface area is 189 Å². The molecule has 2 saturated heterocycles. The van der Waals surface area contributed by atoms with Gasteiger partial charge in [-0.05, 0) is 69.0 Å². The van der Waals surface area contributed by atoms with Gasteiger partial charge in [0.05, 0.1) is 11.3 Å². The van der Waals surface area contributed by atoms with Crippen LogP contribution in [0.3, 0.4) is 0 Å². The lowest BCUT2D eigenvalue weighted by atomic mass is 9.95. The van der Waals surface area contributed by atoms with E-state index in [-0.39, 0.29) is 17.7 Å². The first-order valence-corrected chi connectivity index (χ1v) is 11.6. The monoisotopic (exact) mass is 439 g/mol. The van der Waals surface area contributed by atoms with Crippen molar-refractivity contribution in [3.05, 3.63) is 64.7 Å². The Kier molecular flexibility index (Phi) is 7.25. The predicted molar refractivity (Wildman–Crippen MR) is 124 cm³/mol. The molecule has 2 aliphatic heterocycles. The average Bonchev–Trinajstić information content (AvgIpc) is 2.81. The molecule has 0 atom stereocenters. The van der Waals surface area contributed by atoms with E-state index in [1.807, 2.05) is 47.4 Å². The molecule has 0 bridgehead atoms. The van der Waals surface area contributed by atoms with Gasteiger partial charge in [-0.15, -0.1) is 0 Å². The molecule has 2 fully saturated rings. The molecular weight excluding hydrogens is 410 g/mol. The molecule has 0 aromatic heterocycles. The van der Waals surface area contributed by atoms with Gasteiger partial charge in [0.2, 0.25) is 5.91 Å². The van der Waals surface area contributed by atoms with E-state index >= 15 is 0 Å². The molecule has 0 unspecified atom stereocenters. The van der Waals surface area contributed by atoms with E-state index in [1.165, 1.54) is 6.42 Å². The zero-order chi connectivity index (χ0) is 21.6. The van der Waals surface area contributed by atoms with Crippen molar-refractivity contribution >= 4 is 29.1 Å². The zero-order valence-corrected chi connectivity index (χ0v) is 18.6. The second-order valence-corrected chi connectivity index (χ2v) is 8.94. The lowest BCUT2D eigenvalue weighted by molar-refractivity contribution is -0.121. The van der Waals surface area contributed by atoms with Crippen molar-refractivity contribution in [3.8, 4) is 0 Å². The quantitative estimate of drug-likeness (QED) is 0.726. The molecule has 1 N–H and O–H groups in total. The van der Waals surface area contributed by atoms with E-state index in [0.29, 0.717) is 11.3 Å². The van der Waals surface area contributed by atoms with Gasteiger partial charge < -0.3 is 10.2 Å². The molecule has 2 aromatic carbocycles. The smallest absolute Gasteiger partial charge is 0.255 e. The van der Waals surface area contributed by atoms with E-state index in [2.05, 4.69) is 16.3 Å². The number of anilines is 1. The maximum atomic E-state index is 13.0. The van der Waals surface area contributed by atoms with Gasteiger partial charge in [0, 0.05) is 30.6 Å². The van der Waals surface area contributed by atoms with Gasteiger partial charge in [-0.2, -0.15) is 0 Å². The van der Waals surface area contributed by atoms with Gasteiger partial charge in [-0.3, -0.25) is 14.5 Å². The van der Waals surface area contributed by atoms with Crippen LogP contribution < -0.4 is 5.32 Å². The number of amides is 2. The van der Waals surface area contributed by atoms with Gasteiger partial charge in [-0.1, -0.05) is 41.9 Å². The van der Waals surface area contributed by atoms with Crippen LogP contribution in [0, 0.1) is 5.92 Å². The van der Waals surface area contributed by atoms with Gasteiger partial charge in [0.25, 0.3) is 5.91 Å². The molecule has 0 saturated carbocycles. The zero-order valence-electron chi connectivity index (χ0n) is 17.9. The lowest BCUT2D eigenvalue weighted by Gasteiger charge is -2.31. The molecule has 4 rings (SSSR count). The van der Waals surface area contributed by atoms with Crippen LogP contribution >= 0.6 is 11.6 Å². The molecule has 5 nitrogen and oxygen atoms in total. The molecule has 31 heavy (non-hydrogen) atoms.